The first-order valence-corrected chi connectivity index (χ1v) is 7.46. The van der Waals surface area contributed by atoms with Gasteiger partial charge in [0.05, 0.1) is 17.8 Å². The number of rotatable bonds is 4. The van der Waals surface area contributed by atoms with Gasteiger partial charge in [-0.2, -0.15) is 0 Å². The molecule has 1 heterocycles. The van der Waals surface area contributed by atoms with Crippen molar-refractivity contribution in [2.24, 2.45) is 0 Å². The van der Waals surface area contributed by atoms with Gasteiger partial charge in [0.25, 0.3) is 0 Å². The molecule has 2 aromatic rings. The molecule has 5 heteroatoms. The topological polar surface area (TPSA) is 71.1 Å². The second kappa shape index (κ2) is 7.05. The van der Waals surface area contributed by atoms with E-state index in [1.807, 2.05) is 39.0 Å². The normalized spacial score (nSPS) is 10.3. The molecule has 2 rings (SSSR count). The molecule has 0 aliphatic carbocycles. The third-order valence-corrected chi connectivity index (χ3v) is 3.43. The molecule has 5 nitrogen and oxygen atoms in total. The van der Waals surface area contributed by atoms with Gasteiger partial charge >= 0.3 is 0 Å². The Labute approximate surface area is 136 Å². The minimum atomic E-state index is -0.117. The number of aryl methyl sites for hydroxylation is 3. The Morgan fingerprint density at radius 2 is 1.70 bits per heavy atom. The first kappa shape index (κ1) is 16.7. The highest BCUT2D eigenvalue weighted by molar-refractivity contribution is 5.93. The molecule has 0 saturated heterocycles. The molecular formula is C18H21N3O2. The third kappa shape index (κ3) is 4.64. The standard InChI is InChI=1S/C18H21N3O2/c1-11-9-12(2)19-13(3)18(11)21-17(23)10-15-5-7-16(8-6-15)20-14(4)22/h5-9H,10H2,1-4H3,(H,20,22)(H,21,23). The van der Waals surface area contributed by atoms with Crippen molar-refractivity contribution in [1.82, 2.24) is 4.98 Å². The molecule has 0 radical (unpaired) electrons. The summed E-state index contributed by atoms with van der Waals surface area (Å²) in [4.78, 5) is 27.6. The number of carbonyl (C=O) groups excluding carboxylic acids is 2. The predicted molar refractivity (Wildman–Crippen MR) is 91.5 cm³/mol. The Bertz CT molecular complexity index is 713. The van der Waals surface area contributed by atoms with E-state index in [4.69, 9.17) is 0 Å². The second-order valence-electron chi connectivity index (χ2n) is 5.64. The van der Waals surface area contributed by atoms with Crippen molar-refractivity contribution in [3.05, 3.63) is 52.8 Å². The summed E-state index contributed by atoms with van der Waals surface area (Å²) >= 11 is 0. The Kier molecular flexibility index (Phi) is 5.11. The van der Waals surface area contributed by atoms with Crippen LogP contribution in [0, 0.1) is 20.8 Å². The fourth-order valence-corrected chi connectivity index (χ4v) is 2.49. The minimum absolute atomic E-state index is 0.0888. The van der Waals surface area contributed by atoms with Crippen molar-refractivity contribution in [3.63, 3.8) is 0 Å². The van der Waals surface area contributed by atoms with Crippen LogP contribution in [0.3, 0.4) is 0 Å². The number of nitrogens with zero attached hydrogens (tertiary/aromatic N) is 1. The van der Waals surface area contributed by atoms with Crippen LogP contribution in [0.5, 0.6) is 0 Å². The number of hydrogen-bond donors (Lipinski definition) is 2. The number of benzene rings is 1. The van der Waals surface area contributed by atoms with Crippen LogP contribution in [0.1, 0.15) is 29.4 Å². The molecule has 0 unspecified atom stereocenters. The van der Waals surface area contributed by atoms with Gasteiger partial charge in [0.15, 0.2) is 0 Å². The zero-order valence-corrected chi connectivity index (χ0v) is 13.9. The molecule has 0 atom stereocenters. The van der Waals surface area contributed by atoms with E-state index in [-0.39, 0.29) is 18.2 Å². The summed E-state index contributed by atoms with van der Waals surface area (Å²) in [5.41, 5.74) is 5.13. The summed E-state index contributed by atoms with van der Waals surface area (Å²) in [6.07, 6.45) is 0.271. The lowest BCUT2D eigenvalue weighted by Crippen LogP contribution is -2.16. The number of amides is 2. The van der Waals surface area contributed by atoms with Crippen LogP contribution in [-0.4, -0.2) is 16.8 Å². The summed E-state index contributed by atoms with van der Waals surface area (Å²) in [7, 11) is 0. The fraction of sp³-hybridized carbons (Fsp3) is 0.278. The van der Waals surface area contributed by atoms with E-state index in [1.165, 1.54) is 6.92 Å². The largest absolute Gasteiger partial charge is 0.326 e. The van der Waals surface area contributed by atoms with Gasteiger partial charge in [-0.15, -0.1) is 0 Å². The molecule has 0 bridgehead atoms. The van der Waals surface area contributed by atoms with Crippen LogP contribution < -0.4 is 10.6 Å². The van der Waals surface area contributed by atoms with E-state index in [0.717, 1.165) is 33.9 Å². The maximum atomic E-state index is 12.2. The van der Waals surface area contributed by atoms with E-state index in [1.54, 1.807) is 12.1 Å². The lowest BCUT2D eigenvalue weighted by molar-refractivity contribution is -0.116. The molecule has 0 spiro atoms. The zero-order chi connectivity index (χ0) is 17.0. The van der Waals surface area contributed by atoms with E-state index in [9.17, 15) is 9.59 Å². The molecule has 1 aromatic carbocycles. The number of hydrogen-bond acceptors (Lipinski definition) is 3. The highest BCUT2D eigenvalue weighted by Gasteiger charge is 2.10. The van der Waals surface area contributed by atoms with E-state index >= 15 is 0 Å². The summed E-state index contributed by atoms with van der Waals surface area (Å²) in [5.74, 6) is -0.206. The summed E-state index contributed by atoms with van der Waals surface area (Å²) < 4.78 is 0. The smallest absolute Gasteiger partial charge is 0.228 e. The molecule has 0 saturated carbocycles. The van der Waals surface area contributed by atoms with Crippen LogP contribution in [0.4, 0.5) is 11.4 Å². The SMILES string of the molecule is CC(=O)Nc1ccc(CC(=O)Nc2c(C)cc(C)nc2C)cc1. The maximum absolute atomic E-state index is 12.2. The van der Waals surface area contributed by atoms with Crippen molar-refractivity contribution < 1.29 is 9.59 Å². The van der Waals surface area contributed by atoms with Crippen molar-refractivity contribution >= 4 is 23.2 Å². The van der Waals surface area contributed by atoms with Crippen LogP contribution in [-0.2, 0) is 16.0 Å². The number of carbonyl (C=O) groups is 2. The van der Waals surface area contributed by atoms with Gasteiger partial charge in [0, 0.05) is 18.3 Å². The molecule has 1 aromatic heterocycles. The highest BCUT2D eigenvalue weighted by Crippen LogP contribution is 2.19. The number of pyridine rings is 1. The zero-order valence-electron chi connectivity index (χ0n) is 13.9. The molecule has 2 N–H and O–H groups in total. The van der Waals surface area contributed by atoms with Gasteiger partial charge in [0.2, 0.25) is 11.8 Å². The average Bonchev–Trinajstić information content (AvgIpc) is 2.44. The van der Waals surface area contributed by atoms with Crippen LogP contribution >= 0.6 is 0 Å². The number of aromatic nitrogens is 1. The predicted octanol–water partition coefficient (Wildman–Crippen LogP) is 3.15. The van der Waals surface area contributed by atoms with E-state index < -0.39 is 0 Å². The van der Waals surface area contributed by atoms with E-state index in [0.29, 0.717) is 0 Å². The van der Waals surface area contributed by atoms with Crippen molar-refractivity contribution in [2.45, 2.75) is 34.1 Å². The van der Waals surface area contributed by atoms with Crippen LogP contribution in [0.2, 0.25) is 0 Å². The van der Waals surface area contributed by atoms with Gasteiger partial charge in [-0.25, -0.2) is 0 Å². The summed E-state index contributed by atoms with van der Waals surface area (Å²) in [6, 6.07) is 9.18. The molecule has 0 aliphatic rings. The van der Waals surface area contributed by atoms with Crippen LogP contribution in [0.25, 0.3) is 0 Å². The second-order valence-corrected chi connectivity index (χ2v) is 5.64. The summed E-state index contributed by atoms with van der Waals surface area (Å²) in [5, 5.41) is 5.63. The van der Waals surface area contributed by atoms with Crippen molar-refractivity contribution in [1.29, 1.82) is 0 Å². The quantitative estimate of drug-likeness (QED) is 0.911. The number of anilines is 2. The average molecular weight is 311 g/mol. The Balaban J connectivity index is 2.04. The van der Waals surface area contributed by atoms with Crippen molar-refractivity contribution in [3.8, 4) is 0 Å². The van der Waals surface area contributed by atoms with Crippen molar-refractivity contribution in [2.75, 3.05) is 10.6 Å². The van der Waals surface area contributed by atoms with Crippen LogP contribution in [0.15, 0.2) is 30.3 Å². The molecule has 0 aliphatic heterocycles. The highest BCUT2D eigenvalue weighted by atomic mass is 16.2. The lowest BCUT2D eigenvalue weighted by Gasteiger charge is -2.12. The monoisotopic (exact) mass is 311 g/mol. The Morgan fingerprint density at radius 3 is 2.26 bits per heavy atom. The Hall–Kier alpha value is -2.69. The van der Waals surface area contributed by atoms with Gasteiger partial charge in [-0.05, 0) is 50.1 Å². The first-order valence-electron chi connectivity index (χ1n) is 7.46. The third-order valence-electron chi connectivity index (χ3n) is 3.43. The lowest BCUT2D eigenvalue weighted by atomic mass is 10.1. The summed E-state index contributed by atoms with van der Waals surface area (Å²) in [6.45, 7) is 7.24. The molecule has 120 valence electrons. The van der Waals surface area contributed by atoms with Gasteiger partial charge in [0.1, 0.15) is 0 Å². The molecule has 0 fully saturated rings. The van der Waals surface area contributed by atoms with Gasteiger partial charge in [-0.1, -0.05) is 12.1 Å². The minimum Gasteiger partial charge on any atom is -0.326 e. The molecule has 2 amide bonds. The number of nitrogens with one attached hydrogen (secondary N) is 2. The first-order chi connectivity index (χ1) is 10.8. The van der Waals surface area contributed by atoms with E-state index in [2.05, 4.69) is 15.6 Å². The van der Waals surface area contributed by atoms with Gasteiger partial charge in [-0.3, -0.25) is 14.6 Å². The molecular weight excluding hydrogens is 290 g/mol. The van der Waals surface area contributed by atoms with Gasteiger partial charge < -0.3 is 10.6 Å². The maximum Gasteiger partial charge on any atom is 0.228 e. The fourth-order valence-electron chi connectivity index (χ4n) is 2.49. The molecule has 23 heavy (non-hydrogen) atoms. The Morgan fingerprint density at radius 1 is 1.04 bits per heavy atom.